The van der Waals surface area contributed by atoms with E-state index in [1.54, 1.807) is 10.7 Å². The summed E-state index contributed by atoms with van der Waals surface area (Å²) < 4.78 is 20.6. The van der Waals surface area contributed by atoms with Crippen LogP contribution in [0.25, 0.3) is 5.69 Å². The Morgan fingerprint density at radius 3 is 2.74 bits per heavy atom. The Bertz CT molecular complexity index is 747. The van der Waals surface area contributed by atoms with Crippen LogP contribution in [0.2, 0.25) is 0 Å². The zero-order valence-corrected chi connectivity index (χ0v) is 15.5. The fraction of sp³-hybridized carbons (Fsp3) is 0.550. The highest BCUT2D eigenvalue weighted by Crippen LogP contribution is 2.26. The molecule has 0 radical (unpaired) electrons. The molecule has 4 rings (SSSR count). The Morgan fingerprint density at radius 2 is 1.96 bits per heavy atom. The number of hydrogen-bond donors (Lipinski definition) is 1. The maximum Gasteiger partial charge on any atom is 0.125 e. The predicted octanol–water partition coefficient (Wildman–Crippen LogP) is 1.38. The zero-order valence-electron chi connectivity index (χ0n) is 15.5. The van der Waals surface area contributed by atoms with Crippen LogP contribution in [0.1, 0.15) is 5.56 Å². The third kappa shape index (κ3) is 4.55. The maximum absolute atomic E-state index is 13.4. The molecule has 146 valence electrons. The van der Waals surface area contributed by atoms with Gasteiger partial charge in [-0.25, -0.2) is 9.07 Å². The average molecular weight is 374 g/mol. The van der Waals surface area contributed by atoms with Gasteiger partial charge in [-0.2, -0.15) is 5.10 Å². The summed E-state index contributed by atoms with van der Waals surface area (Å²) in [5.41, 5.74) is 1.82. The van der Waals surface area contributed by atoms with Crippen LogP contribution in [-0.4, -0.2) is 77.2 Å². The van der Waals surface area contributed by atoms with Crippen LogP contribution >= 0.6 is 0 Å². The summed E-state index contributed by atoms with van der Waals surface area (Å²) in [6, 6.07) is 6.44. The second-order valence-electron chi connectivity index (χ2n) is 7.58. The van der Waals surface area contributed by atoms with E-state index in [0.717, 1.165) is 63.7 Å². The molecule has 27 heavy (non-hydrogen) atoms. The van der Waals surface area contributed by atoms with Gasteiger partial charge < -0.3 is 9.84 Å². The Hall–Kier alpha value is -1.80. The van der Waals surface area contributed by atoms with Gasteiger partial charge in [0, 0.05) is 57.6 Å². The van der Waals surface area contributed by atoms with Crippen molar-refractivity contribution in [1.29, 1.82) is 0 Å². The molecule has 1 N–H and O–H groups in total. The van der Waals surface area contributed by atoms with Gasteiger partial charge in [0.2, 0.25) is 0 Å². The number of aliphatic hydroxyl groups excluding tert-OH is 1. The van der Waals surface area contributed by atoms with Crippen molar-refractivity contribution in [3.8, 4) is 5.69 Å². The molecule has 6 nitrogen and oxygen atoms in total. The van der Waals surface area contributed by atoms with Crippen LogP contribution in [0.3, 0.4) is 0 Å². The highest BCUT2D eigenvalue weighted by Gasteiger charge is 2.33. The van der Waals surface area contributed by atoms with E-state index in [4.69, 9.17) is 4.74 Å². The molecule has 2 aliphatic heterocycles. The minimum absolute atomic E-state index is 0.230. The highest BCUT2D eigenvalue weighted by molar-refractivity contribution is 5.31. The number of aliphatic hydroxyl groups is 1. The van der Waals surface area contributed by atoms with Crippen LogP contribution in [0.15, 0.2) is 36.7 Å². The number of aromatic nitrogens is 2. The molecule has 0 bridgehead atoms. The first kappa shape index (κ1) is 18.6. The van der Waals surface area contributed by atoms with E-state index in [1.165, 1.54) is 12.1 Å². The fourth-order valence-corrected chi connectivity index (χ4v) is 4.15. The lowest BCUT2D eigenvalue weighted by atomic mass is 9.96. The lowest BCUT2D eigenvalue weighted by Crippen LogP contribution is -2.41. The quantitative estimate of drug-likeness (QED) is 0.828. The van der Waals surface area contributed by atoms with Gasteiger partial charge in [0.05, 0.1) is 25.1 Å². The summed E-state index contributed by atoms with van der Waals surface area (Å²) >= 11 is 0. The third-order valence-corrected chi connectivity index (χ3v) is 5.60. The van der Waals surface area contributed by atoms with Gasteiger partial charge in [0.15, 0.2) is 0 Å². The van der Waals surface area contributed by atoms with Gasteiger partial charge in [0.25, 0.3) is 0 Å². The summed E-state index contributed by atoms with van der Waals surface area (Å²) in [6.45, 7) is 7.50. The Morgan fingerprint density at radius 1 is 1.15 bits per heavy atom. The number of nitrogens with zero attached hydrogens (tertiary/aromatic N) is 4. The summed E-state index contributed by atoms with van der Waals surface area (Å²) in [5, 5.41) is 14.2. The first-order valence-corrected chi connectivity index (χ1v) is 9.64. The van der Waals surface area contributed by atoms with Crippen molar-refractivity contribution in [2.45, 2.75) is 6.54 Å². The van der Waals surface area contributed by atoms with Crippen molar-refractivity contribution >= 4 is 0 Å². The molecule has 1 aromatic heterocycles. The third-order valence-electron chi connectivity index (χ3n) is 5.60. The van der Waals surface area contributed by atoms with Gasteiger partial charge in [-0.1, -0.05) is 6.07 Å². The van der Waals surface area contributed by atoms with Gasteiger partial charge >= 0.3 is 0 Å². The smallest absolute Gasteiger partial charge is 0.125 e. The monoisotopic (exact) mass is 374 g/mol. The summed E-state index contributed by atoms with van der Waals surface area (Å²) in [7, 11) is 0. The second kappa shape index (κ2) is 8.48. The molecule has 1 aromatic carbocycles. The lowest BCUT2D eigenvalue weighted by molar-refractivity contribution is 0.0264. The molecule has 0 amide bonds. The molecule has 0 spiro atoms. The maximum atomic E-state index is 13.4. The standard InChI is InChI=1S/C20H27FN4O2/c21-19-2-1-3-20(8-19)25-11-16(9-22-25)10-24-13-17(18(14-24)15-26)12-23-4-6-27-7-5-23/h1-3,8-9,11,17-18,26H,4-7,10,12-15H2/t17-,18-/m0/s1. The van der Waals surface area contributed by atoms with Crippen molar-refractivity contribution < 1.29 is 14.2 Å². The van der Waals surface area contributed by atoms with E-state index in [2.05, 4.69) is 14.9 Å². The average Bonchev–Trinajstić information content (AvgIpc) is 3.30. The van der Waals surface area contributed by atoms with Crippen LogP contribution in [-0.2, 0) is 11.3 Å². The Balaban J connectivity index is 1.37. The van der Waals surface area contributed by atoms with Crippen LogP contribution in [0.5, 0.6) is 0 Å². The van der Waals surface area contributed by atoms with Crippen LogP contribution in [0.4, 0.5) is 4.39 Å². The lowest BCUT2D eigenvalue weighted by Gasteiger charge is -2.30. The van der Waals surface area contributed by atoms with Crippen molar-refractivity contribution in [3.05, 3.63) is 48.0 Å². The number of rotatable bonds is 6. The second-order valence-corrected chi connectivity index (χ2v) is 7.58. The molecule has 2 saturated heterocycles. The highest BCUT2D eigenvalue weighted by atomic mass is 19.1. The van der Waals surface area contributed by atoms with Crippen molar-refractivity contribution in [1.82, 2.24) is 19.6 Å². The fourth-order valence-electron chi connectivity index (χ4n) is 4.15. The number of halogens is 1. The Labute approximate surface area is 159 Å². The minimum atomic E-state index is -0.263. The van der Waals surface area contributed by atoms with E-state index in [9.17, 15) is 9.50 Å². The van der Waals surface area contributed by atoms with E-state index in [-0.39, 0.29) is 12.4 Å². The predicted molar refractivity (Wildman–Crippen MR) is 100 cm³/mol. The summed E-state index contributed by atoms with van der Waals surface area (Å²) in [4.78, 5) is 4.83. The van der Waals surface area contributed by atoms with E-state index >= 15 is 0 Å². The largest absolute Gasteiger partial charge is 0.396 e. The molecule has 0 saturated carbocycles. The molecule has 0 aliphatic carbocycles. The molecule has 3 heterocycles. The summed E-state index contributed by atoms with van der Waals surface area (Å²) in [5.74, 6) is 0.526. The Kier molecular flexibility index (Phi) is 5.83. The van der Waals surface area contributed by atoms with Gasteiger partial charge in [-0.3, -0.25) is 9.80 Å². The molecule has 7 heteroatoms. The van der Waals surface area contributed by atoms with E-state index in [1.807, 2.05) is 18.5 Å². The molecule has 2 atom stereocenters. The molecule has 2 fully saturated rings. The first-order chi connectivity index (χ1) is 13.2. The van der Waals surface area contributed by atoms with Crippen LogP contribution < -0.4 is 0 Å². The van der Waals surface area contributed by atoms with E-state index < -0.39 is 0 Å². The zero-order chi connectivity index (χ0) is 18.6. The number of benzene rings is 1. The number of ether oxygens (including phenoxy) is 1. The number of likely N-dealkylation sites (tertiary alicyclic amines) is 1. The molecular formula is C20H27FN4O2. The van der Waals surface area contributed by atoms with Crippen molar-refractivity contribution in [3.63, 3.8) is 0 Å². The number of hydrogen-bond acceptors (Lipinski definition) is 5. The minimum Gasteiger partial charge on any atom is -0.396 e. The molecule has 2 aliphatic rings. The SMILES string of the molecule is OC[C@@H]1CN(Cc2cnn(-c3cccc(F)c3)c2)C[C@@H]1CN1CCOCC1. The molecule has 2 aromatic rings. The van der Waals surface area contributed by atoms with Gasteiger partial charge in [-0.15, -0.1) is 0 Å². The van der Waals surface area contributed by atoms with Gasteiger partial charge in [0.1, 0.15) is 5.82 Å². The first-order valence-electron chi connectivity index (χ1n) is 9.64. The molecular weight excluding hydrogens is 347 g/mol. The number of morpholine rings is 1. The van der Waals surface area contributed by atoms with Gasteiger partial charge in [-0.05, 0) is 30.0 Å². The normalized spacial score (nSPS) is 24.5. The van der Waals surface area contributed by atoms with Crippen molar-refractivity contribution in [2.24, 2.45) is 11.8 Å². The molecule has 0 unspecified atom stereocenters. The van der Waals surface area contributed by atoms with Crippen LogP contribution in [0, 0.1) is 17.7 Å². The topological polar surface area (TPSA) is 53.8 Å². The summed E-state index contributed by atoms with van der Waals surface area (Å²) in [6.07, 6.45) is 3.80. The van der Waals surface area contributed by atoms with E-state index in [0.29, 0.717) is 11.8 Å². The van der Waals surface area contributed by atoms with Crippen molar-refractivity contribution in [2.75, 3.05) is 52.5 Å².